The minimum Gasteiger partial charge on any atom is -0.481 e. The van der Waals surface area contributed by atoms with E-state index in [0.29, 0.717) is 31.0 Å². The first-order chi connectivity index (χ1) is 9.11. The molecule has 19 heavy (non-hydrogen) atoms. The van der Waals surface area contributed by atoms with Gasteiger partial charge in [-0.3, -0.25) is 9.59 Å². The highest BCUT2D eigenvalue weighted by Gasteiger charge is 2.29. The molecule has 1 aliphatic rings. The van der Waals surface area contributed by atoms with E-state index < -0.39 is 12.1 Å². The Labute approximate surface area is 110 Å². The van der Waals surface area contributed by atoms with Gasteiger partial charge >= 0.3 is 5.97 Å². The van der Waals surface area contributed by atoms with Crippen LogP contribution in [-0.2, 0) is 16.0 Å². The second-order valence-electron chi connectivity index (χ2n) is 4.32. The highest BCUT2D eigenvalue weighted by Crippen LogP contribution is 2.15. The molecule has 104 valence electrons. The van der Waals surface area contributed by atoms with Crippen molar-refractivity contribution in [3.8, 4) is 0 Å². The van der Waals surface area contributed by atoms with Gasteiger partial charge in [-0.05, 0) is 0 Å². The summed E-state index contributed by atoms with van der Waals surface area (Å²) in [6.45, 7) is 2.92. The standard InChI is InChI=1S/C12H16N2O5/c1-2-9-11(13-7-19-9)12(17)14-3-4-18-8(6-14)5-10(15)16/h7-8H,2-6H2,1H3,(H,15,16). The zero-order chi connectivity index (χ0) is 13.8. The minimum absolute atomic E-state index is 0.108. The zero-order valence-corrected chi connectivity index (χ0v) is 10.7. The molecule has 2 heterocycles. The van der Waals surface area contributed by atoms with Crippen LogP contribution in [0, 0.1) is 0 Å². The van der Waals surface area contributed by atoms with Crippen molar-refractivity contribution in [2.75, 3.05) is 19.7 Å². The van der Waals surface area contributed by atoms with Gasteiger partial charge in [0.25, 0.3) is 5.91 Å². The molecule has 0 spiro atoms. The number of nitrogens with zero attached hydrogens (tertiary/aromatic N) is 2. The quantitative estimate of drug-likeness (QED) is 0.857. The van der Waals surface area contributed by atoms with Crippen molar-refractivity contribution < 1.29 is 23.8 Å². The number of hydrogen-bond donors (Lipinski definition) is 1. The Bertz CT molecular complexity index is 470. The summed E-state index contributed by atoms with van der Waals surface area (Å²) in [6.07, 6.45) is 1.27. The highest BCUT2D eigenvalue weighted by atomic mass is 16.5. The van der Waals surface area contributed by atoms with E-state index in [9.17, 15) is 9.59 Å². The first kappa shape index (κ1) is 13.5. The van der Waals surface area contributed by atoms with Gasteiger partial charge in [0.05, 0.1) is 19.1 Å². The predicted molar refractivity (Wildman–Crippen MR) is 63.8 cm³/mol. The molecule has 1 aromatic rings. The number of aryl methyl sites for hydroxylation is 1. The first-order valence-electron chi connectivity index (χ1n) is 6.16. The Morgan fingerprint density at radius 1 is 1.58 bits per heavy atom. The zero-order valence-electron chi connectivity index (χ0n) is 10.7. The molecule has 0 bridgehead atoms. The summed E-state index contributed by atoms with van der Waals surface area (Å²) in [5, 5.41) is 8.75. The molecule has 2 rings (SSSR count). The van der Waals surface area contributed by atoms with Crippen molar-refractivity contribution in [1.29, 1.82) is 0 Å². The van der Waals surface area contributed by atoms with E-state index >= 15 is 0 Å². The van der Waals surface area contributed by atoms with Gasteiger partial charge in [0, 0.05) is 19.5 Å². The van der Waals surface area contributed by atoms with Crippen LogP contribution in [0.4, 0.5) is 0 Å². The van der Waals surface area contributed by atoms with Crippen LogP contribution < -0.4 is 0 Å². The number of hydrogen-bond acceptors (Lipinski definition) is 5. The largest absolute Gasteiger partial charge is 0.481 e. The molecule has 1 unspecified atom stereocenters. The van der Waals surface area contributed by atoms with E-state index in [1.807, 2.05) is 6.92 Å². The summed E-state index contributed by atoms with van der Waals surface area (Å²) in [4.78, 5) is 28.4. The molecule has 1 aromatic heterocycles. The van der Waals surface area contributed by atoms with E-state index in [-0.39, 0.29) is 18.9 Å². The van der Waals surface area contributed by atoms with Gasteiger partial charge in [-0.25, -0.2) is 4.98 Å². The highest BCUT2D eigenvalue weighted by molar-refractivity contribution is 5.93. The normalized spacial score (nSPS) is 19.4. The van der Waals surface area contributed by atoms with Crippen molar-refractivity contribution in [3.63, 3.8) is 0 Å². The molecule has 1 fully saturated rings. The van der Waals surface area contributed by atoms with Gasteiger partial charge in [0.2, 0.25) is 0 Å². The Hall–Kier alpha value is -1.89. The van der Waals surface area contributed by atoms with Gasteiger partial charge in [-0.2, -0.15) is 0 Å². The smallest absolute Gasteiger partial charge is 0.306 e. The molecule has 0 radical (unpaired) electrons. The minimum atomic E-state index is -0.935. The number of oxazole rings is 1. The van der Waals surface area contributed by atoms with E-state index in [4.69, 9.17) is 14.3 Å². The number of carbonyl (C=O) groups is 2. The number of ether oxygens (including phenoxy) is 1. The number of rotatable bonds is 4. The third kappa shape index (κ3) is 3.11. The summed E-state index contributed by atoms with van der Waals surface area (Å²) in [5.41, 5.74) is 0.304. The molecule has 1 N–H and O–H groups in total. The lowest BCUT2D eigenvalue weighted by Gasteiger charge is -2.31. The second-order valence-corrected chi connectivity index (χ2v) is 4.32. The predicted octanol–water partition coefficient (Wildman–Crippen LogP) is 0.553. The van der Waals surface area contributed by atoms with E-state index in [1.54, 1.807) is 4.90 Å². The van der Waals surface area contributed by atoms with Gasteiger partial charge in [-0.1, -0.05) is 6.92 Å². The van der Waals surface area contributed by atoms with Crippen LogP contribution in [0.3, 0.4) is 0 Å². The van der Waals surface area contributed by atoms with E-state index in [1.165, 1.54) is 6.39 Å². The number of morpholine rings is 1. The number of aromatic nitrogens is 1. The number of amides is 1. The third-order valence-electron chi connectivity index (χ3n) is 2.99. The molecule has 0 aliphatic carbocycles. The maximum atomic E-state index is 12.3. The number of carboxylic acids is 1. The fourth-order valence-electron chi connectivity index (χ4n) is 2.07. The Balaban J connectivity index is 2.05. The Morgan fingerprint density at radius 3 is 3.05 bits per heavy atom. The first-order valence-corrected chi connectivity index (χ1v) is 6.16. The fourth-order valence-corrected chi connectivity index (χ4v) is 2.07. The maximum absolute atomic E-state index is 12.3. The molecule has 0 saturated carbocycles. The molecule has 1 aliphatic heterocycles. The second kappa shape index (κ2) is 5.83. The summed E-state index contributed by atoms with van der Waals surface area (Å²) in [7, 11) is 0. The average molecular weight is 268 g/mol. The van der Waals surface area contributed by atoms with Gasteiger partial charge in [0.1, 0.15) is 5.76 Å². The fraction of sp³-hybridized carbons (Fsp3) is 0.583. The van der Waals surface area contributed by atoms with Crippen molar-refractivity contribution >= 4 is 11.9 Å². The monoisotopic (exact) mass is 268 g/mol. The molecule has 1 saturated heterocycles. The van der Waals surface area contributed by atoms with Crippen LogP contribution in [0.15, 0.2) is 10.8 Å². The summed E-state index contributed by atoms with van der Waals surface area (Å²) in [5.74, 6) is -0.620. The molecule has 0 aromatic carbocycles. The number of carbonyl (C=O) groups excluding carboxylic acids is 1. The number of aliphatic carboxylic acids is 1. The van der Waals surface area contributed by atoms with Crippen molar-refractivity contribution in [2.45, 2.75) is 25.9 Å². The van der Waals surface area contributed by atoms with Crippen molar-refractivity contribution in [3.05, 3.63) is 17.8 Å². The lowest BCUT2D eigenvalue weighted by molar-refractivity contribution is -0.141. The lowest BCUT2D eigenvalue weighted by Crippen LogP contribution is -2.46. The summed E-state index contributed by atoms with van der Waals surface area (Å²) < 4.78 is 10.5. The molecular formula is C12H16N2O5. The molecule has 1 amide bonds. The Kier molecular flexibility index (Phi) is 4.16. The average Bonchev–Trinajstić information content (AvgIpc) is 2.85. The molecule has 1 atom stereocenters. The van der Waals surface area contributed by atoms with E-state index in [0.717, 1.165) is 0 Å². The van der Waals surface area contributed by atoms with Gasteiger partial charge in [0.15, 0.2) is 12.1 Å². The molecular weight excluding hydrogens is 252 g/mol. The van der Waals surface area contributed by atoms with Crippen LogP contribution >= 0.6 is 0 Å². The van der Waals surface area contributed by atoms with Crippen molar-refractivity contribution in [1.82, 2.24) is 9.88 Å². The van der Waals surface area contributed by atoms with Crippen LogP contribution in [0.25, 0.3) is 0 Å². The van der Waals surface area contributed by atoms with Crippen molar-refractivity contribution in [2.24, 2.45) is 0 Å². The Morgan fingerprint density at radius 2 is 2.37 bits per heavy atom. The molecule has 7 heteroatoms. The molecule has 7 nitrogen and oxygen atoms in total. The topological polar surface area (TPSA) is 92.9 Å². The van der Waals surface area contributed by atoms with E-state index in [2.05, 4.69) is 4.98 Å². The van der Waals surface area contributed by atoms with Crippen LogP contribution in [0.2, 0.25) is 0 Å². The maximum Gasteiger partial charge on any atom is 0.306 e. The van der Waals surface area contributed by atoms with Gasteiger partial charge < -0.3 is 19.2 Å². The summed E-state index contributed by atoms with van der Waals surface area (Å²) >= 11 is 0. The number of carboxylic acid groups (broad SMARTS) is 1. The van der Waals surface area contributed by atoms with Gasteiger partial charge in [-0.15, -0.1) is 0 Å². The SMILES string of the molecule is CCc1ocnc1C(=O)N1CCOC(CC(=O)O)C1. The van der Waals surface area contributed by atoms with Crippen LogP contribution in [0.5, 0.6) is 0 Å². The van der Waals surface area contributed by atoms with Crippen LogP contribution in [-0.4, -0.2) is 52.7 Å². The van der Waals surface area contributed by atoms with Crippen LogP contribution in [0.1, 0.15) is 29.6 Å². The summed E-state index contributed by atoms with van der Waals surface area (Å²) in [6, 6.07) is 0. The third-order valence-corrected chi connectivity index (χ3v) is 2.99. The lowest BCUT2D eigenvalue weighted by atomic mass is 10.2.